The van der Waals surface area contributed by atoms with E-state index in [1.165, 1.54) is 16.8 Å². The Balaban J connectivity index is 1.56. The highest BCUT2D eigenvalue weighted by atomic mass is 16.3. The van der Waals surface area contributed by atoms with Gasteiger partial charge in [-0.3, -0.25) is 4.90 Å². The third-order valence-corrected chi connectivity index (χ3v) is 4.74. The van der Waals surface area contributed by atoms with E-state index >= 15 is 0 Å². The van der Waals surface area contributed by atoms with Crippen LogP contribution in [0.15, 0.2) is 42.6 Å². The van der Waals surface area contributed by atoms with Crippen molar-refractivity contribution in [2.24, 2.45) is 7.05 Å². The summed E-state index contributed by atoms with van der Waals surface area (Å²) >= 11 is 0. The maximum absolute atomic E-state index is 9.64. The predicted octanol–water partition coefficient (Wildman–Crippen LogP) is 2.27. The highest BCUT2D eigenvalue weighted by Crippen LogP contribution is 2.16. The zero-order valence-electron chi connectivity index (χ0n) is 13.9. The van der Waals surface area contributed by atoms with Crippen molar-refractivity contribution in [1.29, 1.82) is 0 Å². The molecule has 4 heteroatoms. The van der Waals surface area contributed by atoms with Crippen LogP contribution >= 0.6 is 0 Å². The number of hydrogen-bond donors (Lipinski definition) is 2. The zero-order valence-corrected chi connectivity index (χ0v) is 13.9. The molecule has 0 unspecified atom stereocenters. The van der Waals surface area contributed by atoms with Crippen LogP contribution in [-0.4, -0.2) is 33.8 Å². The Kier molecular flexibility index (Phi) is 5.49. The summed E-state index contributed by atoms with van der Waals surface area (Å²) in [6.45, 7) is 4.73. The van der Waals surface area contributed by atoms with Crippen LogP contribution in [0.4, 0.5) is 0 Å². The first-order chi connectivity index (χ1) is 11.2. The summed E-state index contributed by atoms with van der Waals surface area (Å²) in [7, 11) is 2.08. The van der Waals surface area contributed by atoms with E-state index in [2.05, 4.69) is 64.4 Å². The van der Waals surface area contributed by atoms with Crippen molar-refractivity contribution in [3.8, 4) is 0 Å². The summed E-state index contributed by atoms with van der Waals surface area (Å²) in [5, 5.41) is 13.2. The second-order valence-electron chi connectivity index (χ2n) is 6.49. The largest absolute Gasteiger partial charge is 0.393 e. The van der Waals surface area contributed by atoms with Gasteiger partial charge in [-0.2, -0.15) is 0 Å². The number of aromatic nitrogens is 1. The molecule has 0 aliphatic carbocycles. The molecule has 124 valence electrons. The van der Waals surface area contributed by atoms with E-state index in [-0.39, 0.29) is 6.10 Å². The molecule has 2 aromatic rings. The molecule has 23 heavy (non-hydrogen) atoms. The standard InChI is InChI=1S/C19H27N3O/c1-21-10-4-7-18(21)14-20-13-16-5-2-3-6-17(16)15-22-11-8-19(23)9-12-22/h2-7,10,19-20,23H,8-9,11-15H2,1H3. The summed E-state index contributed by atoms with van der Waals surface area (Å²) in [5.41, 5.74) is 4.06. The smallest absolute Gasteiger partial charge is 0.0564 e. The van der Waals surface area contributed by atoms with E-state index in [1.54, 1.807) is 0 Å². The summed E-state index contributed by atoms with van der Waals surface area (Å²) < 4.78 is 2.15. The molecule has 0 radical (unpaired) electrons. The number of rotatable bonds is 6. The third kappa shape index (κ3) is 4.44. The van der Waals surface area contributed by atoms with Gasteiger partial charge in [-0.1, -0.05) is 24.3 Å². The van der Waals surface area contributed by atoms with Gasteiger partial charge in [0.15, 0.2) is 0 Å². The number of nitrogens with one attached hydrogen (secondary N) is 1. The van der Waals surface area contributed by atoms with Crippen molar-refractivity contribution in [1.82, 2.24) is 14.8 Å². The average Bonchev–Trinajstić information content (AvgIpc) is 2.96. The van der Waals surface area contributed by atoms with Crippen LogP contribution in [-0.2, 0) is 26.7 Å². The maximum Gasteiger partial charge on any atom is 0.0564 e. The molecule has 2 heterocycles. The van der Waals surface area contributed by atoms with E-state index in [1.807, 2.05) is 0 Å². The molecule has 1 fully saturated rings. The minimum Gasteiger partial charge on any atom is -0.393 e. The van der Waals surface area contributed by atoms with E-state index in [4.69, 9.17) is 0 Å². The molecule has 0 amide bonds. The van der Waals surface area contributed by atoms with Crippen LogP contribution in [0.1, 0.15) is 29.7 Å². The van der Waals surface area contributed by atoms with Crippen LogP contribution < -0.4 is 5.32 Å². The molecule has 3 rings (SSSR count). The third-order valence-electron chi connectivity index (χ3n) is 4.74. The lowest BCUT2D eigenvalue weighted by molar-refractivity contribution is 0.0791. The topological polar surface area (TPSA) is 40.4 Å². The van der Waals surface area contributed by atoms with Gasteiger partial charge in [0.05, 0.1) is 6.10 Å². The van der Waals surface area contributed by atoms with Crippen molar-refractivity contribution < 1.29 is 5.11 Å². The molecule has 0 saturated carbocycles. The summed E-state index contributed by atoms with van der Waals surface area (Å²) in [6, 6.07) is 12.9. The number of aryl methyl sites for hydroxylation is 1. The van der Waals surface area contributed by atoms with Crippen LogP contribution in [0, 0.1) is 0 Å². The molecular formula is C19H27N3O. The molecule has 1 aliphatic heterocycles. The molecule has 0 bridgehead atoms. The highest BCUT2D eigenvalue weighted by molar-refractivity contribution is 5.27. The van der Waals surface area contributed by atoms with Crippen molar-refractivity contribution in [3.63, 3.8) is 0 Å². The second kappa shape index (κ2) is 7.77. The molecule has 0 spiro atoms. The number of likely N-dealkylation sites (tertiary alicyclic amines) is 1. The zero-order chi connectivity index (χ0) is 16.1. The Morgan fingerprint density at radius 2 is 1.78 bits per heavy atom. The van der Waals surface area contributed by atoms with Gasteiger partial charge in [0.25, 0.3) is 0 Å². The number of benzene rings is 1. The molecule has 4 nitrogen and oxygen atoms in total. The SMILES string of the molecule is Cn1cccc1CNCc1ccccc1CN1CCC(O)CC1. The fraction of sp³-hybridized carbons (Fsp3) is 0.474. The van der Waals surface area contributed by atoms with Crippen LogP contribution in [0.25, 0.3) is 0 Å². The van der Waals surface area contributed by atoms with E-state index in [0.29, 0.717) is 0 Å². The Morgan fingerprint density at radius 3 is 2.48 bits per heavy atom. The molecular weight excluding hydrogens is 286 g/mol. The first-order valence-corrected chi connectivity index (χ1v) is 8.50. The highest BCUT2D eigenvalue weighted by Gasteiger charge is 2.17. The van der Waals surface area contributed by atoms with E-state index < -0.39 is 0 Å². The Bertz CT molecular complexity index is 615. The second-order valence-corrected chi connectivity index (χ2v) is 6.49. The van der Waals surface area contributed by atoms with Gasteiger partial charge in [-0.05, 0) is 36.1 Å². The number of piperidine rings is 1. The van der Waals surface area contributed by atoms with E-state index in [0.717, 1.165) is 45.6 Å². The summed E-state index contributed by atoms with van der Waals surface area (Å²) in [5.74, 6) is 0. The van der Waals surface area contributed by atoms with Crippen molar-refractivity contribution in [2.75, 3.05) is 13.1 Å². The normalized spacial score (nSPS) is 16.8. The number of aliphatic hydroxyl groups is 1. The van der Waals surface area contributed by atoms with Gasteiger partial charge < -0.3 is 15.0 Å². The Labute approximate surface area is 138 Å². The van der Waals surface area contributed by atoms with Crippen molar-refractivity contribution in [2.45, 2.75) is 38.6 Å². The molecule has 1 saturated heterocycles. The molecule has 1 aliphatic rings. The van der Waals surface area contributed by atoms with Gasteiger partial charge in [0, 0.05) is 51.7 Å². The summed E-state index contributed by atoms with van der Waals surface area (Å²) in [4.78, 5) is 2.45. The van der Waals surface area contributed by atoms with Crippen molar-refractivity contribution in [3.05, 3.63) is 59.4 Å². The van der Waals surface area contributed by atoms with Gasteiger partial charge >= 0.3 is 0 Å². The van der Waals surface area contributed by atoms with Crippen LogP contribution in [0.3, 0.4) is 0 Å². The fourth-order valence-electron chi connectivity index (χ4n) is 3.21. The Hall–Kier alpha value is -1.62. The minimum absolute atomic E-state index is 0.103. The fourth-order valence-corrected chi connectivity index (χ4v) is 3.21. The van der Waals surface area contributed by atoms with Crippen LogP contribution in [0.2, 0.25) is 0 Å². The quantitative estimate of drug-likeness (QED) is 0.859. The first kappa shape index (κ1) is 16.2. The monoisotopic (exact) mass is 313 g/mol. The first-order valence-electron chi connectivity index (χ1n) is 8.50. The van der Waals surface area contributed by atoms with Gasteiger partial charge in [-0.25, -0.2) is 0 Å². The van der Waals surface area contributed by atoms with Crippen molar-refractivity contribution >= 4 is 0 Å². The molecule has 1 aromatic heterocycles. The maximum atomic E-state index is 9.64. The lowest BCUT2D eigenvalue weighted by Crippen LogP contribution is -2.35. The Morgan fingerprint density at radius 1 is 1.04 bits per heavy atom. The molecule has 1 aromatic carbocycles. The molecule has 0 atom stereocenters. The minimum atomic E-state index is -0.103. The lowest BCUT2D eigenvalue weighted by atomic mass is 10.0. The van der Waals surface area contributed by atoms with Gasteiger partial charge in [-0.15, -0.1) is 0 Å². The van der Waals surface area contributed by atoms with E-state index in [9.17, 15) is 5.11 Å². The molecule has 2 N–H and O–H groups in total. The number of nitrogens with zero attached hydrogens (tertiary/aromatic N) is 2. The lowest BCUT2D eigenvalue weighted by Gasteiger charge is -2.30. The predicted molar refractivity (Wildman–Crippen MR) is 92.9 cm³/mol. The van der Waals surface area contributed by atoms with Gasteiger partial charge in [0.2, 0.25) is 0 Å². The average molecular weight is 313 g/mol. The van der Waals surface area contributed by atoms with Gasteiger partial charge in [0.1, 0.15) is 0 Å². The van der Waals surface area contributed by atoms with Crippen LogP contribution in [0.5, 0.6) is 0 Å². The number of hydrogen-bond acceptors (Lipinski definition) is 3. The summed E-state index contributed by atoms with van der Waals surface area (Å²) in [6.07, 6.45) is 3.77. The number of aliphatic hydroxyl groups excluding tert-OH is 1.